The number of hydrogen-bond donors (Lipinski definition) is 2. The van der Waals surface area contributed by atoms with Gasteiger partial charge in [0.2, 0.25) is 5.91 Å². The Labute approximate surface area is 170 Å². The molecule has 1 saturated carbocycles. The molecule has 2 saturated heterocycles. The Morgan fingerprint density at radius 2 is 2.03 bits per heavy atom. The molecule has 3 aliphatic rings. The number of aromatic amines is 1. The number of ether oxygens (including phenoxy) is 1. The average molecular weight is 396 g/mol. The van der Waals surface area contributed by atoms with Crippen LogP contribution in [0.2, 0.25) is 0 Å². The number of likely N-dealkylation sites (tertiary alicyclic amines) is 1. The summed E-state index contributed by atoms with van der Waals surface area (Å²) in [4.78, 5) is 34.2. The van der Waals surface area contributed by atoms with Crippen LogP contribution in [0, 0.1) is 23.7 Å². The van der Waals surface area contributed by atoms with E-state index in [9.17, 15) is 9.59 Å². The fourth-order valence-electron chi connectivity index (χ4n) is 5.15. The van der Waals surface area contributed by atoms with Crippen molar-refractivity contribution in [1.82, 2.24) is 20.2 Å². The summed E-state index contributed by atoms with van der Waals surface area (Å²) in [5.74, 6) is 2.66. The highest BCUT2D eigenvalue weighted by Gasteiger charge is 2.55. The van der Waals surface area contributed by atoms with Gasteiger partial charge in [-0.3, -0.25) is 14.6 Å². The number of amides is 2. The van der Waals surface area contributed by atoms with Crippen molar-refractivity contribution in [3.63, 3.8) is 0 Å². The summed E-state index contributed by atoms with van der Waals surface area (Å²) in [6, 6.07) is 3.71. The van der Waals surface area contributed by atoms with E-state index < -0.39 is 0 Å². The first-order valence-electron chi connectivity index (χ1n) is 10.8. The van der Waals surface area contributed by atoms with E-state index in [1.165, 1.54) is 0 Å². The monoisotopic (exact) mass is 396 g/mol. The number of hydrogen-bond acceptors (Lipinski definition) is 4. The van der Waals surface area contributed by atoms with Crippen molar-refractivity contribution in [3.8, 4) is 0 Å². The molecule has 2 unspecified atom stereocenters. The summed E-state index contributed by atoms with van der Waals surface area (Å²) in [6.07, 6.45) is 7.17. The molecule has 1 aliphatic carbocycles. The fourth-order valence-corrected chi connectivity index (χ4v) is 5.15. The minimum atomic E-state index is -0.0692. The molecule has 5 rings (SSSR count). The summed E-state index contributed by atoms with van der Waals surface area (Å²) in [5, 5.41) is 3.97. The van der Waals surface area contributed by atoms with E-state index in [0.717, 1.165) is 56.5 Å². The molecule has 2 atom stereocenters. The number of pyridine rings is 1. The molecular formula is C22H28N4O3. The van der Waals surface area contributed by atoms with Gasteiger partial charge in [-0.05, 0) is 55.1 Å². The summed E-state index contributed by atoms with van der Waals surface area (Å²) >= 11 is 0. The lowest BCUT2D eigenvalue weighted by molar-refractivity contribution is -0.132. The third-order valence-electron chi connectivity index (χ3n) is 6.96. The lowest BCUT2D eigenvalue weighted by atomic mass is 9.96. The molecule has 3 fully saturated rings. The van der Waals surface area contributed by atoms with Gasteiger partial charge < -0.3 is 19.9 Å². The molecule has 2 aliphatic heterocycles. The Balaban J connectivity index is 1.04. The van der Waals surface area contributed by atoms with Crippen LogP contribution in [-0.4, -0.2) is 59.5 Å². The van der Waals surface area contributed by atoms with E-state index in [2.05, 4.69) is 20.2 Å². The molecule has 7 heteroatoms. The first-order chi connectivity index (χ1) is 14.2. The summed E-state index contributed by atoms with van der Waals surface area (Å²) in [7, 11) is 0. The van der Waals surface area contributed by atoms with Gasteiger partial charge in [0.1, 0.15) is 5.69 Å². The van der Waals surface area contributed by atoms with Crippen LogP contribution in [0.3, 0.4) is 0 Å². The van der Waals surface area contributed by atoms with Gasteiger partial charge in [0.15, 0.2) is 0 Å². The van der Waals surface area contributed by atoms with Crippen molar-refractivity contribution in [2.75, 3.05) is 32.8 Å². The maximum Gasteiger partial charge on any atom is 0.267 e. The van der Waals surface area contributed by atoms with Gasteiger partial charge >= 0.3 is 0 Å². The largest absolute Gasteiger partial charge is 0.381 e. The van der Waals surface area contributed by atoms with Gasteiger partial charge in [-0.2, -0.15) is 0 Å². The second-order valence-corrected chi connectivity index (χ2v) is 8.74. The van der Waals surface area contributed by atoms with Crippen molar-refractivity contribution in [3.05, 3.63) is 30.2 Å². The van der Waals surface area contributed by atoms with Crippen LogP contribution < -0.4 is 5.32 Å². The number of nitrogens with one attached hydrogen (secondary N) is 2. The van der Waals surface area contributed by atoms with Gasteiger partial charge in [-0.1, -0.05) is 0 Å². The van der Waals surface area contributed by atoms with Crippen molar-refractivity contribution in [2.24, 2.45) is 23.7 Å². The van der Waals surface area contributed by atoms with Gasteiger partial charge in [-0.25, -0.2) is 0 Å². The maximum absolute atomic E-state index is 12.5. The highest BCUT2D eigenvalue weighted by Crippen LogP contribution is 2.53. The first kappa shape index (κ1) is 18.6. The molecule has 2 N–H and O–H groups in total. The number of nitrogens with zero attached hydrogens (tertiary/aromatic N) is 2. The Bertz CT molecular complexity index is 859. The van der Waals surface area contributed by atoms with Crippen molar-refractivity contribution in [1.29, 1.82) is 0 Å². The van der Waals surface area contributed by atoms with E-state index >= 15 is 0 Å². The van der Waals surface area contributed by atoms with E-state index in [4.69, 9.17) is 4.74 Å². The maximum atomic E-state index is 12.5. The third-order valence-corrected chi connectivity index (χ3v) is 6.96. The lowest BCUT2D eigenvalue weighted by Crippen LogP contribution is -2.34. The van der Waals surface area contributed by atoms with Crippen LogP contribution in [0.1, 0.15) is 36.2 Å². The number of H-pyrrole nitrogens is 1. The molecule has 0 aromatic carbocycles. The van der Waals surface area contributed by atoms with Crippen LogP contribution in [0.15, 0.2) is 24.5 Å². The van der Waals surface area contributed by atoms with Crippen molar-refractivity contribution >= 4 is 22.7 Å². The van der Waals surface area contributed by atoms with Gasteiger partial charge in [-0.15, -0.1) is 0 Å². The number of aromatic nitrogens is 2. The summed E-state index contributed by atoms with van der Waals surface area (Å²) < 4.78 is 5.38. The molecule has 2 amide bonds. The Kier molecular flexibility index (Phi) is 4.99. The Morgan fingerprint density at radius 1 is 1.24 bits per heavy atom. The molecule has 29 heavy (non-hydrogen) atoms. The second kappa shape index (κ2) is 7.78. The number of piperidine rings is 1. The zero-order chi connectivity index (χ0) is 19.8. The molecule has 0 bridgehead atoms. The van der Waals surface area contributed by atoms with Crippen LogP contribution >= 0.6 is 0 Å². The second-order valence-electron chi connectivity index (χ2n) is 8.74. The molecule has 154 valence electrons. The van der Waals surface area contributed by atoms with Crippen LogP contribution in [0.4, 0.5) is 0 Å². The summed E-state index contributed by atoms with van der Waals surface area (Å²) in [5.41, 5.74) is 1.50. The predicted molar refractivity (Wildman–Crippen MR) is 108 cm³/mol. The van der Waals surface area contributed by atoms with Gasteiger partial charge in [0.05, 0.1) is 0 Å². The van der Waals surface area contributed by atoms with Crippen LogP contribution in [0.25, 0.3) is 10.9 Å². The highest BCUT2D eigenvalue weighted by molar-refractivity contribution is 5.97. The topological polar surface area (TPSA) is 87.3 Å². The van der Waals surface area contributed by atoms with E-state index in [1.54, 1.807) is 12.4 Å². The normalized spacial score (nSPS) is 26.5. The van der Waals surface area contributed by atoms with Crippen molar-refractivity contribution < 1.29 is 14.3 Å². The zero-order valence-electron chi connectivity index (χ0n) is 16.6. The molecule has 7 nitrogen and oxygen atoms in total. The van der Waals surface area contributed by atoms with Crippen molar-refractivity contribution in [2.45, 2.75) is 25.7 Å². The number of carbonyl (C=O) groups excluding carboxylic acids is 2. The summed E-state index contributed by atoms with van der Waals surface area (Å²) in [6.45, 7) is 4.08. The molecular weight excluding hydrogens is 368 g/mol. The molecule has 0 spiro atoms. The van der Waals surface area contributed by atoms with Gasteiger partial charge in [0.25, 0.3) is 5.91 Å². The highest BCUT2D eigenvalue weighted by atomic mass is 16.5. The zero-order valence-corrected chi connectivity index (χ0v) is 16.6. The van der Waals surface area contributed by atoms with Crippen LogP contribution in [-0.2, 0) is 9.53 Å². The minimum Gasteiger partial charge on any atom is -0.381 e. The van der Waals surface area contributed by atoms with Crippen LogP contribution in [0.5, 0.6) is 0 Å². The SMILES string of the molecule is O=C(NCCC1C2CN(C(=O)CC3CCOCC3)CC12)c1cc2cnccc2[nH]1. The average Bonchev–Trinajstić information content (AvgIpc) is 3.11. The molecule has 4 heterocycles. The quantitative estimate of drug-likeness (QED) is 0.784. The van der Waals surface area contributed by atoms with E-state index in [-0.39, 0.29) is 5.91 Å². The molecule has 2 aromatic rings. The van der Waals surface area contributed by atoms with E-state index in [0.29, 0.717) is 48.2 Å². The van der Waals surface area contributed by atoms with Gasteiger partial charge in [0, 0.05) is 62.6 Å². The standard InChI is InChI=1S/C22H28N4O3/c27-21(9-14-3-7-29-8-4-14)26-12-17-16(18(17)13-26)1-6-24-22(28)20-10-15-11-23-5-2-19(15)25-20/h2,5,10-11,14,16-18,25H,1,3-4,6-9,12-13H2,(H,24,28). The lowest BCUT2D eigenvalue weighted by Gasteiger charge is -2.25. The Hall–Kier alpha value is -2.41. The Morgan fingerprint density at radius 3 is 2.79 bits per heavy atom. The first-order valence-corrected chi connectivity index (χ1v) is 10.8. The number of rotatable bonds is 6. The smallest absolute Gasteiger partial charge is 0.267 e. The minimum absolute atomic E-state index is 0.0692. The fraction of sp³-hybridized carbons (Fsp3) is 0.591. The predicted octanol–water partition coefficient (Wildman–Crippen LogP) is 2.20. The number of fused-ring (bicyclic) bond motifs is 2. The third kappa shape index (κ3) is 3.88. The number of carbonyl (C=O) groups is 2. The molecule has 0 radical (unpaired) electrons. The molecule has 2 aromatic heterocycles. The van der Waals surface area contributed by atoms with E-state index in [1.807, 2.05) is 12.1 Å².